The Kier molecular flexibility index (Phi) is 16.5. The second kappa shape index (κ2) is 20.7. The number of nitrogens with one attached hydrogen (secondary N) is 1. The molecule has 4 heterocycles. The van der Waals surface area contributed by atoms with Crippen molar-refractivity contribution in [3.63, 3.8) is 0 Å². The van der Waals surface area contributed by atoms with E-state index in [1.807, 2.05) is 0 Å². The summed E-state index contributed by atoms with van der Waals surface area (Å²) in [5.74, 6) is -0.287. The zero-order valence-electron chi connectivity index (χ0n) is 31.3. The number of alkyl carbamates (subject to hydrolysis) is 1. The zero-order chi connectivity index (χ0) is 36.6. The van der Waals surface area contributed by atoms with Crippen LogP contribution in [0.1, 0.15) is 129 Å². The summed E-state index contributed by atoms with van der Waals surface area (Å²) < 4.78 is 41.5. The van der Waals surface area contributed by atoms with Crippen LogP contribution in [0.4, 0.5) is 4.79 Å². The van der Waals surface area contributed by atoms with E-state index in [1.165, 1.54) is 6.08 Å². The molecule has 1 aromatic heterocycles. The van der Waals surface area contributed by atoms with Crippen LogP contribution >= 0.6 is 0 Å². The smallest absolute Gasteiger partial charge is 0.407 e. The number of oxazole rings is 1. The number of rotatable bonds is 13. The number of allylic oxidation sites excluding steroid dienone is 1. The second-order valence-electron chi connectivity index (χ2n) is 15.0. The third kappa shape index (κ3) is 15.5. The monoisotopic (exact) mass is 716 g/mol. The first-order valence-electron chi connectivity index (χ1n) is 19.0. The van der Waals surface area contributed by atoms with Gasteiger partial charge in [0.25, 0.3) is 0 Å². The standard InChI is InChI=1S/C39H60N2O10/c1-6-7-8-14-30-20-28-15-11-16-29(47-28)21-31(45-5)22-32-23-33(24-34(48-32)25-37(43)49-30)50-36(42)18-10-9-13-27-26-46-35(41-27)17-12-19-40-38(44)51-39(2,3)4/h10,12,17-18,26,28-34H,6-9,11,13-16,19-25H2,1-5H3,(H,40,44)/t28-,29?,30-,31+,32?,33+,34-/m0/s1. The molecular formula is C39H60N2O10. The largest absolute Gasteiger partial charge is 0.462 e. The van der Waals surface area contributed by atoms with Gasteiger partial charge < -0.3 is 38.2 Å². The van der Waals surface area contributed by atoms with Gasteiger partial charge in [-0.3, -0.25) is 4.79 Å². The number of aromatic nitrogens is 1. The molecule has 3 aliphatic heterocycles. The molecule has 12 nitrogen and oxygen atoms in total. The van der Waals surface area contributed by atoms with Crippen molar-refractivity contribution in [3.8, 4) is 0 Å². The highest BCUT2D eigenvalue weighted by molar-refractivity contribution is 5.82. The lowest BCUT2D eigenvalue weighted by atomic mass is 9.91. The summed E-state index contributed by atoms with van der Waals surface area (Å²) >= 11 is 0. The van der Waals surface area contributed by atoms with E-state index in [9.17, 15) is 14.4 Å². The van der Waals surface area contributed by atoms with Crippen molar-refractivity contribution in [3.05, 3.63) is 36.1 Å². The van der Waals surface area contributed by atoms with Crippen LogP contribution in [0.25, 0.3) is 6.08 Å². The number of carbonyl (C=O) groups excluding carboxylic acids is 3. The Bertz CT molecular complexity index is 1290. The maximum atomic E-state index is 13.2. The van der Waals surface area contributed by atoms with Gasteiger partial charge in [0.05, 0.1) is 42.6 Å². The fraction of sp³-hybridized carbons (Fsp3) is 0.744. The van der Waals surface area contributed by atoms with Gasteiger partial charge in [-0.25, -0.2) is 14.6 Å². The number of ether oxygens (including phenoxy) is 6. The molecule has 7 atom stereocenters. The average Bonchev–Trinajstić information content (AvgIpc) is 3.51. The predicted molar refractivity (Wildman–Crippen MR) is 191 cm³/mol. The summed E-state index contributed by atoms with van der Waals surface area (Å²) in [7, 11) is 1.72. The van der Waals surface area contributed by atoms with E-state index in [0.717, 1.165) is 57.1 Å². The molecule has 0 radical (unpaired) electrons. The Labute approximate surface area is 303 Å². The van der Waals surface area contributed by atoms with Crippen molar-refractivity contribution in [2.75, 3.05) is 13.7 Å². The van der Waals surface area contributed by atoms with Gasteiger partial charge in [0.2, 0.25) is 5.89 Å². The van der Waals surface area contributed by atoms with Gasteiger partial charge in [0, 0.05) is 39.0 Å². The topological polar surface area (TPSA) is 145 Å². The van der Waals surface area contributed by atoms with Gasteiger partial charge >= 0.3 is 18.0 Å². The lowest BCUT2D eigenvalue weighted by molar-refractivity contribution is -0.171. The van der Waals surface area contributed by atoms with E-state index in [2.05, 4.69) is 17.2 Å². The number of fused-ring (bicyclic) bond motifs is 4. The number of amides is 1. The number of cyclic esters (lactones) is 1. The Morgan fingerprint density at radius 2 is 1.71 bits per heavy atom. The number of nitrogens with zero attached hydrogens (tertiary/aromatic N) is 1. The maximum Gasteiger partial charge on any atom is 0.407 e. The Hall–Kier alpha value is -3.22. The highest BCUT2D eigenvalue weighted by Gasteiger charge is 2.37. The molecule has 1 aromatic rings. The molecule has 1 amide bonds. The first-order chi connectivity index (χ1) is 24.5. The van der Waals surface area contributed by atoms with Crippen molar-refractivity contribution in [1.29, 1.82) is 0 Å². The summed E-state index contributed by atoms with van der Waals surface area (Å²) in [5.41, 5.74) is 0.180. The summed E-state index contributed by atoms with van der Waals surface area (Å²) in [4.78, 5) is 42.3. The average molecular weight is 717 g/mol. The van der Waals surface area contributed by atoms with Crippen molar-refractivity contribution in [2.24, 2.45) is 0 Å². The Morgan fingerprint density at radius 3 is 2.47 bits per heavy atom. The predicted octanol–water partition coefficient (Wildman–Crippen LogP) is 7.18. The number of unbranched alkanes of at least 4 members (excludes halogenated alkanes) is 2. The van der Waals surface area contributed by atoms with E-state index in [4.69, 9.17) is 32.8 Å². The molecule has 4 rings (SSSR count). The fourth-order valence-electron chi connectivity index (χ4n) is 6.95. The van der Waals surface area contributed by atoms with Crippen molar-refractivity contribution < 1.29 is 47.2 Å². The van der Waals surface area contributed by atoms with Crippen LogP contribution in [0.2, 0.25) is 0 Å². The molecule has 1 N–H and O–H groups in total. The summed E-state index contributed by atoms with van der Waals surface area (Å²) in [6.07, 6.45) is 18.0. The number of methoxy groups -OCH3 is 1. The lowest BCUT2D eigenvalue weighted by Crippen LogP contribution is -2.42. The van der Waals surface area contributed by atoms with Gasteiger partial charge in [0.15, 0.2) is 0 Å². The molecule has 4 bridgehead atoms. The summed E-state index contributed by atoms with van der Waals surface area (Å²) in [5, 5.41) is 2.64. The van der Waals surface area contributed by atoms with Crippen LogP contribution in [0.5, 0.6) is 0 Å². The van der Waals surface area contributed by atoms with Crippen molar-refractivity contribution in [1.82, 2.24) is 10.3 Å². The van der Waals surface area contributed by atoms with Gasteiger partial charge in [-0.2, -0.15) is 0 Å². The van der Waals surface area contributed by atoms with Gasteiger partial charge in [0.1, 0.15) is 24.1 Å². The van der Waals surface area contributed by atoms with E-state index in [0.29, 0.717) is 44.4 Å². The Balaban J connectivity index is 1.28. The third-order valence-electron chi connectivity index (χ3n) is 9.30. The normalized spacial score (nSPS) is 27.9. The number of hydrogen-bond acceptors (Lipinski definition) is 11. The Morgan fingerprint density at radius 1 is 0.980 bits per heavy atom. The van der Waals surface area contributed by atoms with Crippen molar-refractivity contribution >= 4 is 24.1 Å². The van der Waals surface area contributed by atoms with E-state index in [1.54, 1.807) is 52.4 Å². The molecule has 3 fully saturated rings. The lowest BCUT2D eigenvalue weighted by Gasteiger charge is -2.38. The molecule has 0 aromatic carbocycles. The van der Waals surface area contributed by atoms with Gasteiger partial charge in [-0.15, -0.1) is 0 Å². The molecule has 2 unspecified atom stereocenters. The number of hydrogen-bond donors (Lipinski definition) is 1. The summed E-state index contributed by atoms with van der Waals surface area (Å²) in [6.45, 7) is 7.86. The first kappa shape index (κ1) is 40.5. The molecule has 0 aliphatic carbocycles. The van der Waals surface area contributed by atoms with Crippen LogP contribution in [-0.2, 0) is 44.4 Å². The van der Waals surface area contributed by atoms with E-state index in [-0.39, 0.29) is 49.5 Å². The molecule has 3 saturated heterocycles. The molecule has 51 heavy (non-hydrogen) atoms. The van der Waals surface area contributed by atoms with Crippen LogP contribution in [0.3, 0.4) is 0 Å². The third-order valence-corrected chi connectivity index (χ3v) is 9.30. The number of esters is 2. The van der Waals surface area contributed by atoms with E-state index < -0.39 is 29.9 Å². The highest BCUT2D eigenvalue weighted by atomic mass is 16.6. The minimum absolute atomic E-state index is 0.0644. The zero-order valence-corrected chi connectivity index (χ0v) is 31.3. The number of carbonyl (C=O) groups is 3. The minimum Gasteiger partial charge on any atom is -0.462 e. The first-order valence-corrected chi connectivity index (χ1v) is 19.0. The molecule has 0 spiro atoms. The van der Waals surface area contributed by atoms with Crippen molar-refractivity contribution in [2.45, 2.75) is 172 Å². The van der Waals surface area contributed by atoms with Crippen LogP contribution < -0.4 is 5.32 Å². The molecule has 286 valence electrons. The molecular weight excluding hydrogens is 656 g/mol. The van der Waals surface area contributed by atoms with Gasteiger partial charge in [-0.1, -0.05) is 31.9 Å². The van der Waals surface area contributed by atoms with Crippen LogP contribution in [-0.4, -0.2) is 85.0 Å². The minimum atomic E-state index is -0.560. The quantitative estimate of drug-likeness (QED) is 0.0959. The molecule has 3 aliphatic rings. The van der Waals surface area contributed by atoms with Crippen LogP contribution in [0, 0.1) is 0 Å². The fourth-order valence-corrected chi connectivity index (χ4v) is 6.95. The highest BCUT2D eigenvalue weighted by Crippen LogP contribution is 2.32. The second-order valence-corrected chi connectivity index (χ2v) is 15.0. The van der Waals surface area contributed by atoms with Gasteiger partial charge in [-0.05, 0) is 84.6 Å². The molecule has 12 heteroatoms. The maximum absolute atomic E-state index is 13.2. The van der Waals surface area contributed by atoms with E-state index >= 15 is 0 Å². The molecule has 0 saturated carbocycles. The van der Waals surface area contributed by atoms with Crippen LogP contribution in [0.15, 0.2) is 28.9 Å². The SMILES string of the molecule is CCCCC[C@H]1C[C@@H]2CCCC(C[C@@H](OC)CC3C[C@@H](OC(=O)C=CCCc4coc(C=CCNC(=O)OC(C)(C)C)n4)C[C@@H](CC(=O)O1)O3)O2. The number of aryl methyl sites for hydroxylation is 1. The summed E-state index contributed by atoms with van der Waals surface area (Å²) in [6, 6.07) is 0.